The second kappa shape index (κ2) is 6.77. The number of hydrogen-bond donors (Lipinski definition) is 0. The van der Waals surface area contributed by atoms with E-state index < -0.39 is 0 Å². The maximum absolute atomic E-state index is 4.31. The molecule has 0 amide bonds. The highest BCUT2D eigenvalue weighted by Crippen LogP contribution is 2.08. The van der Waals surface area contributed by atoms with E-state index in [2.05, 4.69) is 37.7 Å². The normalized spacial score (nSPS) is 10.3. The molecule has 3 nitrogen and oxygen atoms in total. The van der Waals surface area contributed by atoms with E-state index in [0.717, 1.165) is 23.4 Å². The van der Waals surface area contributed by atoms with Gasteiger partial charge in [-0.15, -0.1) is 0 Å². The topological polar surface area (TPSA) is 29.0 Å². The van der Waals surface area contributed by atoms with Crippen LogP contribution in [-0.4, -0.2) is 23.6 Å². The van der Waals surface area contributed by atoms with Gasteiger partial charge in [0.1, 0.15) is 0 Å². The molecule has 0 saturated heterocycles. The molecule has 0 N–H and O–H groups in total. The van der Waals surface area contributed by atoms with E-state index in [-0.39, 0.29) is 0 Å². The van der Waals surface area contributed by atoms with Gasteiger partial charge in [-0.05, 0) is 12.0 Å². The molecule has 15 heavy (non-hydrogen) atoms. The lowest BCUT2D eigenvalue weighted by molar-refractivity contribution is 0.696. The summed E-state index contributed by atoms with van der Waals surface area (Å²) in [5, 5.41) is 0.812. The van der Waals surface area contributed by atoms with Crippen LogP contribution in [0.15, 0.2) is 12.4 Å². The maximum atomic E-state index is 4.31. The monoisotopic (exact) mass is 271 g/mol. The summed E-state index contributed by atoms with van der Waals surface area (Å²) in [5.41, 5.74) is 1.11. The standard InChI is InChI=1S/C11H18BrN3/c1-3-4-5-6-15(2)11-13-8-10(7-12)9-14-11/h8-9H,3-7H2,1-2H3. The molecule has 0 radical (unpaired) electrons. The molecular weight excluding hydrogens is 254 g/mol. The van der Waals surface area contributed by atoms with E-state index in [9.17, 15) is 0 Å². The number of aromatic nitrogens is 2. The van der Waals surface area contributed by atoms with Crippen molar-refractivity contribution in [1.82, 2.24) is 9.97 Å². The molecule has 1 rings (SSSR count). The van der Waals surface area contributed by atoms with Crippen molar-refractivity contribution >= 4 is 21.9 Å². The number of alkyl halides is 1. The van der Waals surface area contributed by atoms with Gasteiger partial charge in [-0.3, -0.25) is 0 Å². The highest BCUT2D eigenvalue weighted by atomic mass is 79.9. The van der Waals surface area contributed by atoms with Gasteiger partial charge in [0.15, 0.2) is 0 Å². The van der Waals surface area contributed by atoms with E-state index >= 15 is 0 Å². The second-order valence-corrected chi connectivity index (χ2v) is 4.21. The third-order valence-electron chi connectivity index (χ3n) is 2.28. The predicted molar refractivity (Wildman–Crippen MR) is 67.5 cm³/mol. The summed E-state index contributed by atoms with van der Waals surface area (Å²) in [4.78, 5) is 10.7. The third-order valence-corrected chi connectivity index (χ3v) is 2.93. The molecule has 1 aromatic rings. The Bertz CT molecular complexity index is 274. The molecule has 0 saturated carbocycles. The van der Waals surface area contributed by atoms with Crippen molar-refractivity contribution in [2.45, 2.75) is 31.5 Å². The zero-order valence-corrected chi connectivity index (χ0v) is 11.0. The van der Waals surface area contributed by atoms with Crippen LogP contribution >= 0.6 is 15.9 Å². The first kappa shape index (κ1) is 12.4. The van der Waals surface area contributed by atoms with Crippen molar-refractivity contribution < 1.29 is 0 Å². The van der Waals surface area contributed by atoms with E-state index in [0.29, 0.717) is 0 Å². The van der Waals surface area contributed by atoms with Crippen molar-refractivity contribution in [3.8, 4) is 0 Å². The Morgan fingerprint density at radius 3 is 2.47 bits per heavy atom. The summed E-state index contributed by atoms with van der Waals surface area (Å²) >= 11 is 3.38. The first-order valence-electron chi connectivity index (χ1n) is 5.36. The summed E-state index contributed by atoms with van der Waals surface area (Å²) in [6, 6.07) is 0. The first-order valence-corrected chi connectivity index (χ1v) is 6.48. The largest absolute Gasteiger partial charge is 0.344 e. The second-order valence-electron chi connectivity index (χ2n) is 3.65. The van der Waals surface area contributed by atoms with Gasteiger partial charge in [-0.2, -0.15) is 0 Å². The zero-order valence-electron chi connectivity index (χ0n) is 9.41. The van der Waals surface area contributed by atoms with E-state index in [1.807, 2.05) is 19.4 Å². The number of hydrogen-bond acceptors (Lipinski definition) is 3. The molecule has 0 aromatic carbocycles. The third kappa shape index (κ3) is 4.16. The number of nitrogens with zero attached hydrogens (tertiary/aromatic N) is 3. The van der Waals surface area contributed by atoms with Crippen LogP contribution in [0, 0.1) is 0 Å². The van der Waals surface area contributed by atoms with Gasteiger partial charge in [0.25, 0.3) is 0 Å². The summed E-state index contributed by atoms with van der Waals surface area (Å²) in [6.45, 7) is 3.24. The Balaban J connectivity index is 2.46. The van der Waals surface area contributed by atoms with Crippen molar-refractivity contribution in [3.63, 3.8) is 0 Å². The highest BCUT2D eigenvalue weighted by molar-refractivity contribution is 9.08. The summed E-state index contributed by atoms with van der Waals surface area (Å²) in [5.74, 6) is 0.816. The molecule has 84 valence electrons. The molecule has 0 aliphatic carbocycles. The van der Waals surface area contributed by atoms with Gasteiger partial charge in [-0.1, -0.05) is 35.7 Å². The fraction of sp³-hybridized carbons (Fsp3) is 0.636. The van der Waals surface area contributed by atoms with Crippen LogP contribution in [0.4, 0.5) is 5.95 Å². The molecule has 0 bridgehead atoms. The van der Waals surface area contributed by atoms with Crippen molar-refractivity contribution in [2.24, 2.45) is 0 Å². The minimum Gasteiger partial charge on any atom is -0.344 e. The average Bonchev–Trinajstić information content (AvgIpc) is 2.29. The molecule has 0 aliphatic rings. The van der Waals surface area contributed by atoms with E-state index in [1.54, 1.807) is 0 Å². The lowest BCUT2D eigenvalue weighted by atomic mass is 10.2. The van der Waals surface area contributed by atoms with Crippen LogP contribution in [0.3, 0.4) is 0 Å². The van der Waals surface area contributed by atoms with Crippen LogP contribution in [0.5, 0.6) is 0 Å². The van der Waals surface area contributed by atoms with Crippen molar-refractivity contribution in [2.75, 3.05) is 18.5 Å². The van der Waals surface area contributed by atoms with Gasteiger partial charge in [-0.25, -0.2) is 9.97 Å². The molecule has 4 heteroatoms. The van der Waals surface area contributed by atoms with Crippen LogP contribution in [0.25, 0.3) is 0 Å². The van der Waals surface area contributed by atoms with Gasteiger partial charge in [0, 0.05) is 31.3 Å². The highest BCUT2D eigenvalue weighted by Gasteiger charge is 2.02. The summed E-state index contributed by atoms with van der Waals surface area (Å²) < 4.78 is 0. The number of rotatable bonds is 6. The average molecular weight is 272 g/mol. The minimum absolute atomic E-state index is 0.812. The van der Waals surface area contributed by atoms with Crippen LogP contribution in [0.1, 0.15) is 31.7 Å². The van der Waals surface area contributed by atoms with Crippen molar-refractivity contribution in [1.29, 1.82) is 0 Å². The quantitative estimate of drug-likeness (QED) is 0.589. The molecule has 0 unspecified atom stereocenters. The number of anilines is 1. The summed E-state index contributed by atoms with van der Waals surface area (Å²) in [7, 11) is 2.04. The van der Waals surface area contributed by atoms with Gasteiger partial charge < -0.3 is 4.90 Å². The molecular formula is C11H18BrN3. The smallest absolute Gasteiger partial charge is 0.224 e. The van der Waals surface area contributed by atoms with E-state index in [1.165, 1.54) is 19.3 Å². The molecule has 1 aromatic heterocycles. The number of halogens is 1. The Morgan fingerprint density at radius 1 is 1.27 bits per heavy atom. The number of unbranched alkanes of at least 4 members (excludes halogenated alkanes) is 2. The maximum Gasteiger partial charge on any atom is 0.224 e. The molecule has 0 spiro atoms. The Hall–Kier alpha value is -0.640. The Kier molecular flexibility index (Phi) is 5.61. The lowest BCUT2D eigenvalue weighted by Gasteiger charge is -2.16. The zero-order chi connectivity index (χ0) is 11.1. The fourth-order valence-electron chi connectivity index (χ4n) is 1.31. The van der Waals surface area contributed by atoms with E-state index in [4.69, 9.17) is 0 Å². The molecule has 0 fully saturated rings. The summed E-state index contributed by atoms with van der Waals surface area (Å²) in [6.07, 6.45) is 7.46. The van der Waals surface area contributed by atoms with Gasteiger partial charge >= 0.3 is 0 Å². The van der Waals surface area contributed by atoms with Gasteiger partial charge in [0.05, 0.1) is 0 Å². The Labute approximate surface area is 100 Å². The predicted octanol–water partition coefficient (Wildman–Crippen LogP) is 3.00. The Morgan fingerprint density at radius 2 is 1.93 bits per heavy atom. The molecule has 1 heterocycles. The fourth-order valence-corrected chi connectivity index (χ4v) is 1.60. The minimum atomic E-state index is 0.812. The first-order chi connectivity index (χ1) is 7.27. The van der Waals surface area contributed by atoms with Gasteiger partial charge in [0.2, 0.25) is 5.95 Å². The SMILES string of the molecule is CCCCCN(C)c1ncc(CBr)cn1. The molecule has 0 atom stereocenters. The lowest BCUT2D eigenvalue weighted by Crippen LogP contribution is -2.20. The van der Waals surface area contributed by atoms with Crippen LogP contribution in [0.2, 0.25) is 0 Å². The van der Waals surface area contributed by atoms with Crippen LogP contribution < -0.4 is 4.90 Å². The van der Waals surface area contributed by atoms with Crippen LogP contribution in [-0.2, 0) is 5.33 Å². The molecule has 0 aliphatic heterocycles. The van der Waals surface area contributed by atoms with Crippen molar-refractivity contribution in [3.05, 3.63) is 18.0 Å².